The minimum absolute atomic E-state index is 0.0521. The lowest BCUT2D eigenvalue weighted by molar-refractivity contribution is 0.738. The van der Waals surface area contributed by atoms with Gasteiger partial charge in [0.25, 0.3) is 0 Å². The average Bonchev–Trinajstić information content (AvgIpc) is 3.19. The second-order valence-corrected chi connectivity index (χ2v) is 11.8. The molecule has 0 saturated carbocycles. The van der Waals surface area contributed by atoms with E-state index in [1.807, 2.05) is 97.9 Å². The molecule has 0 N–H and O–H groups in total. The number of dihydropyridines is 1. The summed E-state index contributed by atoms with van der Waals surface area (Å²) >= 11 is 0. The summed E-state index contributed by atoms with van der Waals surface area (Å²) < 4.78 is 0. The number of nitrogens with zero attached hydrogens (tertiary/aromatic N) is 6. The van der Waals surface area contributed by atoms with E-state index in [1.54, 1.807) is 0 Å². The smallest absolute Gasteiger partial charge is 0.0790 e. The third-order valence-corrected chi connectivity index (χ3v) is 8.71. The Balaban J connectivity index is 1.45. The number of benzene rings is 2. The molecule has 0 radical (unpaired) electrons. The molecule has 8 rings (SSSR count). The summed E-state index contributed by atoms with van der Waals surface area (Å²) in [6.45, 7) is 0. The van der Waals surface area contributed by atoms with E-state index in [0.717, 1.165) is 92.2 Å². The summed E-state index contributed by atoms with van der Waals surface area (Å²) in [5.41, 5.74) is 12.8. The lowest BCUT2D eigenvalue weighted by Gasteiger charge is -2.24. The summed E-state index contributed by atoms with van der Waals surface area (Å²) in [5.74, 6) is 0. The number of aliphatic imine (C=N–C) groups is 2. The van der Waals surface area contributed by atoms with E-state index in [2.05, 4.69) is 54.6 Å². The molecule has 0 bridgehead atoms. The molecule has 0 fully saturated rings. The second-order valence-electron chi connectivity index (χ2n) is 11.8. The topological polar surface area (TPSA) is 76.3 Å². The number of pyridine rings is 4. The van der Waals surface area contributed by atoms with E-state index in [9.17, 15) is 0 Å². The van der Waals surface area contributed by atoms with Gasteiger partial charge in [-0.25, -0.2) is 0 Å². The van der Waals surface area contributed by atoms with Crippen molar-refractivity contribution >= 4 is 18.1 Å². The first kappa shape index (κ1) is 29.3. The van der Waals surface area contributed by atoms with E-state index in [4.69, 9.17) is 29.9 Å². The van der Waals surface area contributed by atoms with Gasteiger partial charge in [0, 0.05) is 65.0 Å². The van der Waals surface area contributed by atoms with Crippen molar-refractivity contribution in [3.05, 3.63) is 151 Å². The van der Waals surface area contributed by atoms with Gasteiger partial charge in [0.15, 0.2) is 0 Å². The Labute approximate surface area is 280 Å². The molecule has 0 spiro atoms. The third kappa shape index (κ3) is 5.80. The molecule has 48 heavy (non-hydrogen) atoms. The number of allylic oxidation sites excluding steroid dienone is 2. The van der Waals surface area contributed by atoms with Gasteiger partial charge in [0.2, 0.25) is 0 Å². The first-order valence-corrected chi connectivity index (χ1v) is 16.3. The molecule has 0 aliphatic carbocycles. The van der Waals surface area contributed by atoms with Gasteiger partial charge >= 0.3 is 0 Å². The quantitative estimate of drug-likeness (QED) is 0.178. The number of hydrogen-bond donors (Lipinski definition) is 0. The summed E-state index contributed by atoms with van der Waals surface area (Å²) in [4.78, 5) is 29.2. The van der Waals surface area contributed by atoms with Crippen LogP contribution in [-0.2, 0) is 0 Å². The molecule has 6 heteroatoms. The van der Waals surface area contributed by atoms with Crippen LogP contribution in [0.25, 0.3) is 61.9 Å². The monoisotopic (exact) mass is 620 g/mol. The van der Waals surface area contributed by atoms with Crippen molar-refractivity contribution in [1.82, 2.24) is 19.9 Å². The predicted octanol–water partition coefficient (Wildman–Crippen LogP) is 9.88. The molecule has 2 aromatic carbocycles. The molecule has 230 valence electrons. The first-order chi connectivity index (χ1) is 23.8. The minimum atomic E-state index is -0.0521. The molecule has 6 heterocycles. The number of aromatic nitrogens is 4. The zero-order chi connectivity index (χ0) is 32.1. The Hall–Kier alpha value is -6.14. The van der Waals surface area contributed by atoms with Crippen molar-refractivity contribution in [3.8, 4) is 56.2 Å². The standard InChI is InChI=1S/C42H32N6/c1-7-19-43-35(13-1)31-25-29(26-32(36-14-2-8-20-44-36)41(31)39-17-5-11-23-47-39)30-27-33(37-15-3-9-21-45-37)42(40-18-6-12-24-48-40)34(28-30)38-16-4-10-22-46-38/h1-5,7-11,13-15,17-28,38H,6,12,16H2. The van der Waals surface area contributed by atoms with E-state index in [0.29, 0.717) is 0 Å². The lowest BCUT2D eigenvalue weighted by Crippen LogP contribution is -2.06. The number of hydrogen-bond acceptors (Lipinski definition) is 6. The predicted molar refractivity (Wildman–Crippen MR) is 195 cm³/mol. The molecule has 2 aliphatic heterocycles. The second kappa shape index (κ2) is 13.3. The van der Waals surface area contributed by atoms with Crippen molar-refractivity contribution in [1.29, 1.82) is 0 Å². The van der Waals surface area contributed by atoms with Crippen molar-refractivity contribution in [3.63, 3.8) is 0 Å². The van der Waals surface area contributed by atoms with Gasteiger partial charge in [0.05, 0.1) is 34.5 Å². The van der Waals surface area contributed by atoms with Gasteiger partial charge in [-0.1, -0.05) is 36.4 Å². The van der Waals surface area contributed by atoms with Crippen molar-refractivity contribution in [2.24, 2.45) is 9.98 Å². The van der Waals surface area contributed by atoms with Crippen LogP contribution in [0.3, 0.4) is 0 Å². The molecule has 1 atom stereocenters. The van der Waals surface area contributed by atoms with Crippen molar-refractivity contribution < 1.29 is 0 Å². The molecular formula is C42H32N6. The Morgan fingerprint density at radius 3 is 1.56 bits per heavy atom. The fraction of sp³-hybridized carbons (Fsp3) is 0.0952. The van der Waals surface area contributed by atoms with Gasteiger partial charge < -0.3 is 0 Å². The molecule has 6 nitrogen and oxygen atoms in total. The zero-order valence-corrected chi connectivity index (χ0v) is 26.3. The van der Waals surface area contributed by atoms with Crippen LogP contribution in [0.5, 0.6) is 0 Å². The molecule has 0 saturated heterocycles. The molecule has 6 aromatic rings. The largest absolute Gasteiger partial charge is 0.285 e. The molecule has 2 aliphatic rings. The van der Waals surface area contributed by atoms with Crippen LogP contribution < -0.4 is 0 Å². The highest BCUT2D eigenvalue weighted by molar-refractivity contribution is 5.96. The SMILES string of the molecule is C1=CCC(c2cc(-c3cc(-c4ccccn4)c(-c4ccccn4)c(-c4ccccn4)c3)cc(-c3ccccn3)c2C2=CCCC=N2)N=C1. The lowest BCUT2D eigenvalue weighted by atomic mass is 9.84. The van der Waals surface area contributed by atoms with Gasteiger partial charge in [-0.05, 0) is 115 Å². The molecule has 0 amide bonds. The molecule has 4 aromatic heterocycles. The molecular weight excluding hydrogens is 589 g/mol. The Kier molecular flexibility index (Phi) is 8.11. The van der Waals surface area contributed by atoms with Crippen LogP contribution >= 0.6 is 0 Å². The van der Waals surface area contributed by atoms with Gasteiger partial charge in [0.1, 0.15) is 0 Å². The van der Waals surface area contributed by atoms with E-state index in [-0.39, 0.29) is 6.04 Å². The fourth-order valence-electron chi connectivity index (χ4n) is 6.51. The van der Waals surface area contributed by atoms with Gasteiger partial charge in [-0.15, -0.1) is 0 Å². The van der Waals surface area contributed by atoms with Crippen LogP contribution in [0.1, 0.15) is 36.4 Å². The maximum atomic E-state index is 4.97. The van der Waals surface area contributed by atoms with Crippen LogP contribution in [-0.4, -0.2) is 32.4 Å². The highest BCUT2D eigenvalue weighted by Gasteiger charge is 2.25. The highest BCUT2D eigenvalue weighted by atomic mass is 14.8. The zero-order valence-electron chi connectivity index (χ0n) is 26.3. The van der Waals surface area contributed by atoms with Gasteiger partial charge in [-0.2, -0.15) is 0 Å². The van der Waals surface area contributed by atoms with Crippen LogP contribution in [0.4, 0.5) is 0 Å². The highest BCUT2D eigenvalue weighted by Crippen LogP contribution is 2.45. The van der Waals surface area contributed by atoms with Crippen molar-refractivity contribution in [2.45, 2.75) is 25.3 Å². The summed E-state index contributed by atoms with van der Waals surface area (Å²) in [6.07, 6.45) is 20.4. The number of rotatable bonds is 7. The third-order valence-electron chi connectivity index (χ3n) is 8.71. The summed E-state index contributed by atoms with van der Waals surface area (Å²) in [6, 6.07) is 33.1. The summed E-state index contributed by atoms with van der Waals surface area (Å²) in [7, 11) is 0. The Morgan fingerprint density at radius 2 is 1.08 bits per heavy atom. The first-order valence-electron chi connectivity index (χ1n) is 16.3. The average molecular weight is 621 g/mol. The van der Waals surface area contributed by atoms with Crippen LogP contribution in [0.15, 0.2) is 150 Å². The van der Waals surface area contributed by atoms with Crippen molar-refractivity contribution in [2.75, 3.05) is 0 Å². The minimum Gasteiger partial charge on any atom is -0.285 e. The van der Waals surface area contributed by atoms with E-state index in [1.165, 1.54) is 0 Å². The normalized spacial score (nSPS) is 15.3. The van der Waals surface area contributed by atoms with Gasteiger partial charge in [-0.3, -0.25) is 29.9 Å². The Bertz CT molecular complexity index is 2130. The Morgan fingerprint density at radius 1 is 0.542 bits per heavy atom. The van der Waals surface area contributed by atoms with E-state index < -0.39 is 0 Å². The molecule has 1 unspecified atom stereocenters. The maximum Gasteiger partial charge on any atom is 0.0790 e. The summed E-state index contributed by atoms with van der Waals surface area (Å²) in [5, 5.41) is 0. The fourth-order valence-corrected chi connectivity index (χ4v) is 6.51. The maximum absolute atomic E-state index is 4.97. The van der Waals surface area contributed by atoms with Crippen LogP contribution in [0.2, 0.25) is 0 Å². The van der Waals surface area contributed by atoms with Crippen LogP contribution in [0, 0.1) is 0 Å². The van der Waals surface area contributed by atoms with E-state index >= 15 is 0 Å².